The van der Waals surface area contributed by atoms with E-state index in [9.17, 15) is 9.59 Å². The van der Waals surface area contributed by atoms with Crippen molar-refractivity contribution in [1.29, 1.82) is 0 Å². The predicted octanol–water partition coefficient (Wildman–Crippen LogP) is 3.53. The minimum absolute atomic E-state index is 0.00513. The SMILES string of the molecule is Cc1nn(-c2ccccc2)c(C)c1CNC(=O)c1cc(=O)c2ccccc2o1. The number of carbonyl (C=O) groups is 1. The Kier molecular flexibility index (Phi) is 4.53. The average molecular weight is 373 g/mol. The first-order valence-corrected chi connectivity index (χ1v) is 8.96. The van der Waals surface area contributed by atoms with E-state index >= 15 is 0 Å². The van der Waals surface area contributed by atoms with Crippen LogP contribution in [0.4, 0.5) is 0 Å². The molecule has 6 nitrogen and oxygen atoms in total. The first-order valence-electron chi connectivity index (χ1n) is 8.96. The summed E-state index contributed by atoms with van der Waals surface area (Å²) in [5.41, 5.74) is 3.83. The van der Waals surface area contributed by atoms with E-state index in [1.54, 1.807) is 24.3 Å². The van der Waals surface area contributed by atoms with Gasteiger partial charge in [0, 0.05) is 23.9 Å². The highest BCUT2D eigenvalue weighted by Gasteiger charge is 2.16. The van der Waals surface area contributed by atoms with E-state index in [4.69, 9.17) is 4.42 Å². The first kappa shape index (κ1) is 17.7. The number of hydrogen-bond acceptors (Lipinski definition) is 4. The van der Waals surface area contributed by atoms with E-state index in [0.29, 0.717) is 17.5 Å². The summed E-state index contributed by atoms with van der Waals surface area (Å²) in [5, 5.41) is 7.86. The Morgan fingerprint density at radius 1 is 1.07 bits per heavy atom. The van der Waals surface area contributed by atoms with Gasteiger partial charge in [-0.3, -0.25) is 9.59 Å². The van der Waals surface area contributed by atoms with Crippen molar-refractivity contribution in [3.63, 3.8) is 0 Å². The lowest BCUT2D eigenvalue weighted by molar-refractivity contribution is 0.0923. The summed E-state index contributed by atoms with van der Waals surface area (Å²) in [6.45, 7) is 4.16. The number of nitrogens with zero attached hydrogens (tertiary/aromatic N) is 2. The number of nitrogens with one attached hydrogen (secondary N) is 1. The van der Waals surface area contributed by atoms with Crippen LogP contribution in [0.25, 0.3) is 16.7 Å². The zero-order valence-corrected chi connectivity index (χ0v) is 15.6. The van der Waals surface area contributed by atoms with Crippen LogP contribution in [0.3, 0.4) is 0 Å². The number of rotatable bonds is 4. The van der Waals surface area contributed by atoms with Crippen LogP contribution in [0, 0.1) is 13.8 Å². The van der Waals surface area contributed by atoms with E-state index in [2.05, 4.69) is 10.4 Å². The number of aryl methyl sites for hydroxylation is 1. The van der Waals surface area contributed by atoms with Crippen molar-refractivity contribution in [1.82, 2.24) is 15.1 Å². The molecule has 0 bridgehead atoms. The predicted molar refractivity (Wildman–Crippen MR) is 107 cm³/mol. The molecule has 0 fully saturated rings. The van der Waals surface area contributed by atoms with Crippen molar-refractivity contribution in [3.8, 4) is 5.69 Å². The average Bonchev–Trinajstić information content (AvgIpc) is 3.00. The van der Waals surface area contributed by atoms with Gasteiger partial charge in [0.05, 0.1) is 16.8 Å². The van der Waals surface area contributed by atoms with Gasteiger partial charge in [-0.1, -0.05) is 30.3 Å². The number of aromatic nitrogens is 2. The summed E-state index contributed by atoms with van der Waals surface area (Å²) >= 11 is 0. The van der Waals surface area contributed by atoms with Gasteiger partial charge in [0.2, 0.25) is 0 Å². The van der Waals surface area contributed by atoms with Crippen molar-refractivity contribution in [2.45, 2.75) is 20.4 Å². The Morgan fingerprint density at radius 3 is 2.57 bits per heavy atom. The first-order chi connectivity index (χ1) is 13.5. The maximum absolute atomic E-state index is 12.5. The van der Waals surface area contributed by atoms with Crippen LogP contribution in [0.2, 0.25) is 0 Å². The summed E-state index contributed by atoms with van der Waals surface area (Å²) in [6, 6.07) is 17.9. The molecule has 0 unspecified atom stereocenters. The number of fused-ring (bicyclic) bond motifs is 1. The lowest BCUT2D eigenvalue weighted by atomic mass is 10.2. The second kappa shape index (κ2) is 7.15. The summed E-state index contributed by atoms with van der Waals surface area (Å²) in [7, 11) is 0. The van der Waals surface area contributed by atoms with Crippen LogP contribution in [0.1, 0.15) is 27.5 Å². The molecular formula is C22H19N3O3. The van der Waals surface area contributed by atoms with Gasteiger partial charge in [-0.15, -0.1) is 0 Å². The summed E-state index contributed by atoms with van der Waals surface area (Å²) in [6.07, 6.45) is 0. The van der Waals surface area contributed by atoms with Crippen LogP contribution in [0.15, 0.2) is 69.9 Å². The molecule has 0 radical (unpaired) electrons. The van der Waals surface area contributed by atoms with Crippen molar-refractivity contribution >= 4 is 16.9 Å². The third-order valence-corrected chi connectivity index (χ3v) is 4.73. The molecule has 4 rings (SSSR count). The highest BCUT2D eigenvalue weighted by atomic mass is 16.3. The molecule has 28 heavy (non-hydrogen) atoms. The van der Waals surface area contributed by atoms with Crippen LogP contribution in [-0.4, -0.2) is 15.7 Å². The third-order valence-electron chi connectivity index (χ3n) is 4.73. The van der Waals surface area contributed by atoms with E-state index in [-0.39, 0.29) is 11.2 Å². The van der Waals surface area contributed by atoms with Gasteiger partial charge in [-0.25, -0.2) is 4.68 Å². The van der Waals surface area contributed by atoms with Crippen LogP contribution < -0.4 is 10.7 Å². The van der Waals surface area contributed by atoms with E-state index in [1.807, 2.05) is 48.9 Å². The number of benzene rings is 2. The zero-order chi connectivity index (χ0) is 19.7. The van der Waals surface area contributed by atoms with Crippen molar-refractivity contribution in [3.05, 3.63) is 93.6 Å². The quantitative estimate of drug-likeness (QED) is 0.594. The standard InChI is InChI=1S/C22H19N3O3/c1-14-18(15(2)25(24-14)16-8-4-3-5-9-16)13-23-22(27)21-12-19(26)17-10-6-7-11-20(17)28-21/h3-12H,13H2,1-2H3,(H,23,27). The van der Waals surface area contributed by atoms with Crippen molar-refractivity contribution in [2.75, 3.05) is 0 Å². The maximum atomic E-state index is 12.5. The molecule has 1 amide bonds. The molecule has 0 aliphatic rings. The molecule has 0 aliphatic carbocycles. The number of hydrogen-bond donors (Lipinski definition) is 1. The number of para-hydroxylation sites is 2. The van der Waals surface area contributed by atoms with Gasteiger partial charge in [-0.2, -0.15) is 5.10 Å². The van der Waals surface area contributed by atoms with Crippen LogP contribution in [-0.2, 0) is 6.54 Å². The minimum atomic E-state index is -0.436. The largest absolute Gasteiger partial charge is 0.451 e. The molecule has 1 N–H and O–H groups in total. The van der Waals surface area contributed by atoms with Crippen LogP contribution in [0.5, 0.6) is 0 Å². The highest BCUT2D eigenvalue weighted by molar-refractivity contribution is 5.93. The second-order valence-electron chi connectivity index (χ2n) is 6.55. The number of amides is 1. The Balaban J connectivity index is 1.58. The fraction of sp³-hybridized carbons (Fsp3) is 0.136. The smallest absolute Gasteiger partial charge is 0.287 e. The molecule has 0 spiro atoms. The Hall–Kier alpha value is -3.67. The molecule has 2 heterocycles. The fourth-order valence-electron chi connectivity index (χ4n) is 3.22. The van der Waals surface area contributed by atoms with Crippen molar-refractivity contribution in [2.24, 2.45) is 0 Å². The molecule has 0 saturated heterocycles. The molecule has 140 valence electrons. The molecule has 0 aliphatic heterocycles. The maximum Gasteiger partial charge on any atom is 0.287 e. The van der Waals surface area contributed by atoms with Gasteiger partial charge in [-0.05, 0) is 38.1 Å². The van der Waals surface area contributed by atoms with Gasteiger partial charge in [0.15, 0.2) is 11.2 Å². The second-order valence-corrected chi connectivity index (χ2v) is 6.55. The summed E-state index contributed by atoms with van der Waals surface area (Å²) in [4.78, 5) is 24.7. The minimum Gasteiger partial charge on any atom is -0.451 e. The van der Waals surface area contributed by atoms with E-state index in [0.717, 1.165) is 22.6 Å². The lowest BCUT2D eigenvalue weighted by Gasteiger charge is -2.07. The van der Waals surface area contributed by atoms with Gasteiger partial charge >= 0.3 is 0 Å². The molecule has 2 aromatic carbocycles. The highest BCUT2D eigenvalue weighted by Crippen LogP contribution is 2.18. The molecule has 6 heteroatoms. The van der Waals surface area contributed by atoms with E-state index in [1.165, 1.54) is 6.07 Å². The van der Waals surface area contributed by atoms with Gasteiger partial charge in [0.1, 0.15) is 5.58 Å². The number of carbonyl (C=O) groups excluding carboxylic acids is 1. The Bertz CT molecular complexity index is 1220. The van der Waals surface area contributed by atoms with E-state index < -0.39 is 5.91 Å². The Labute approximate surface area is 161 Å². The van der Waals surface area contributed by atoms with Crippen LogP contribution >= 0.6 is 0 Å². The van der Waals surface area contributed by atoms with Crippen molar-refractivity contribution < 1.29 is 9.21 Å². The molecule has 0 atom stereocenters. The monoisotopic (exact) mass is 373 g/mol. The third kappa shape index (κ3) is 3.20. The summed E-state index contributed by atoms with van der Waals surface area (Å²) in [5.74, 6) is -0.441. The van der Waals surface area contributed by atoms with Gasteiger partial charge < -0.3 is 9.73 Å². The fourth-order valence-corrected chi connectivity index (χ4v) is 3.22. The zero-order valence-electron chi connectivity index (χ0n) is 15.6. The molecule has 0 saturated carbocycles. The van der Waals surface area contributed by atoms with Gasteiger partial charge in [0.25, 0.3) is 5.91 Å². The molecule has 2 aromatic heterocycles. The lowest BCUT2D eigenvalue weighted by Crippen LogP contribution is -2.24. The Morgan fingerprint density at radius 2 is 1.79 bits per heavy atom. The molecule has 4 aromatic rings. The normalized spacial score (nSPS) is 10.9. The summed E-state index contributed by atoms with van der Waals surface area (Å²) < 4.78 is 7.45. The molecular weight excluding hydrogens is 354 g/mol. The topological polar surface area (TPSA) is 77.1 Å².